The smallest absolute Gasteiger partial charge is 0.244 e. The van der Waals surface area contributed by atoms with Crippen LogP contribution in [0.5, 0.6) is 0 Å². The van der Waals surface area contributed by atoms with Crippen LogP contribution in [-0.2, 0) is 9.59 Å². The molecule has 2 N–H and O–H groups in total. The summed E-state index contributed by atoms with van der Waals surface area (Å²) in [6.07, 6.45) is 2.48. The fourth-order valence-corrected chi connectivity index (χ4v) is 1.62. The first-order chi connectivity index (χ1) is 6.77. The van der Waals surface area contributed by atoms with Gasteiger partial charge in [0, 0.05) is 26.1 Å². The lowest BCUT2D eigenvalue weighted by Gasteiger charge is -2.31. The number of carbonyl (C=O) groups excluding carboxylic acids is 2. The third-order valence-electron chi connectivity index (χ3n) is 2.72. The summed E-state index contributed by atoms with van der Waals surface area (Å²) in [6.45, 7) is 2.12. The molecule has 5 nitrogen and oxygen atoms in total. The van der Waals surface area contributed by atoms with Crippen LogP contribution in [0, 0.1) is 5.92 Å². The van der Waals surface area contributed by atoms with Crippen LogP contribution in [0.1, 0.15) is 19.3 Å². The summed E-state index contributed by atoms with van der Waals surface area (Å²) in [7, 11) is 0. The number of hydrogen-bond donors (Lipinski definition) is 2. The van der Waals surface area contributed by atoms with Crippen LogP contribution in [0.2, 0.25) is 0 Å². The fourth-order valence-electron chi connectivity index (χ4n) is 1.62. The Morgan fingerprint density at radius 1 is 1.40 bits per heavy atom. The van der Waals surface area contributed by atoms with E-state index in [9.17, 15) is 9.59 Å². The highest BCUT2D eigenvalue weighted by Gasteiger charge is 2.28. The molecule has 0 unspecified atom stereocenters. The predicted octanol–water partition coefficient (Wildman–Crippen LogP) is -0.329. The summed E-state index contributed by atoms with van der Waals surface area (Å²) in [6, 6.07) is 0. The molecule has 86 valence electrons. The number of carbonyl (C=O) groups is 2. The molecule has 0 bridgehead atoms. The highest BCUT2D eigenvalue weighted by molar-refractivity contribution is 5.85. The van der Waals surface area contributed by atoms with Gasteiger partial charge in [0.1, 0.15) is 0 Å². The van der Waals surface area contributed by atoms with Crippen LogP contribution >= 0.6 is 12.4 Å². The van der Waals surface area contributed by atoms with Gasteiger partial charge in [0.15, 0.2) is 0 Å². The maximum atomic E-state index is 11.5. The summed E-state index contributed by atoms with van der Waals surface area (Å²) in [4.78, 5) is 22.8. The minimum Gasteiger partial charge on any atom is -0.315 e. The number of hydrazine groups is 1. The minimum atomic E-state index is -0.0287. The first-order valence-corrected chi connectivity index (χ1v) is 5.09. The van der Waals surface area contributed by atoms with Crippen LogP contribution in [-0.4, -0.2) is 36.5 Å². The van der Waals surface area contributed by atoms with Gasteiger partial charge in [0.25, 0.3) is 0 Å². The normalized spacial score (nSPS) is 21.6. The van der Waals surface area contributed by atoms with E-state index in [1.807, 2.05) is 0 Å². The number of nitrogens with zero attached hydrogens (tertiary/aromatic N) is 1. The van der Waals surface area contributed by atoms with Crippen molar-refractivity contribution in [2.45, 2.75) is 19.3 Å². The van der Waals surface area contributed by atoms with Crippen molar-refractivity contribution in [3.8, 4) is 0 Å². The molecular weight excluding hydrogens is 218 g/mol. The van der Waals surface area contributed by atoms with Gasteiger partial charge in [0.2, 0.25) is 11.8 Å². The summed E-state index contributed by atoms with van der Waals surface area (Å²) < 4.78 is 0. The molecule has 0 aliphatic carbocycles. The molecule has 2 heterocycles. The van der Waals surface area contributed by atoms with Gasteiger partial charge in [-0.1, -0.05) is 0 Å². The number of amides is 2. The fraction of sp³-hybridized carbons (Fsp3) is 0.778. The molecule has 0 saturated carbocycles. The van der Waals surface area contributed by atoms with Crippen molar-refractivity contribution in [1.82, 2.24) is 15.8 Å². The molecule has 6 heteroatoms. The lowest BCUT2D eigenvalue weighted by atomic mass is 10.0. The number of hydrogen-bond acceptors (Lipinski definition) is 3. The zero-order valence-electron chi connectivity index (χ0n) is 8.49. The Morgan fingerprint density at radius 2 is 2.13 bits per heavy atom. The van der Waals surface area contributed by atoms with Crippen LogP contribution in [0.15, 0.2) is 0 Å². The maximum absolute atomic E-state index is 11.5. The van der Waals surface area contributed by atoms with Gasteiger partial charge < -0.3 is 5.32 Å². The van der Waals surface area contributed by atoms with Gasteiger partial charge in [-0.2, -0.15) is 0 Å². The van der Waals surface area contributed by atoms with Crippen molar-refractivity contribution in [1.29, 1.82) is 0 Å². The molecule has 0 aromatic heterocycles. The topological polar surface area (TPSA) is 61.4 Å². The molecule has 2 rings (SSSR count). The van der Waals surface area contributed by atoms with E-state index in [2.05, 4.69) is 10.7 Å². The Balaban J connectivity index is 0.00000112. The Bertz CT molecular complexity index is 256. The van der Waals surface area contributed by atoms with Crippen LogP contribution in [0.4, 0.5) is 0 Å². The number of halogens is 1. The summed E-state index contributed by atoms with van der Waals surface area (Å²) in [5, 5.41) is 4.49. The second-order valence-corrected chi connectivity index (χ2v) is 3.83. The van der Waals surface area contributed by atoms with Crippen LogP contribution < -0.4 is 10.7 Å². The average molecular weight is 234 g/mol. The molecule has 2 amide bonds. The van der Waals surface area contributed by atoms with Crippen molar-refractivity contribution >= 4 is 24.2 Å². The average Bonchev–Trinajstić information content (AvgIpc) is 2.05. The van der Waals surface area contributed by atoms with Gasteiger partial charge in [-0.25, -0.2) is 0 Å². The first-order valence-electron chi connectivity index (χ1n) is 5.09. The van der Waals surface area contributed by atoms with Crippen molar-refractivity contribution in [3.63, 3.8) is 0 Å². The third-order valence-corrected chi connectivity index (χ3v) is 2.72. The second kappa shape index (κ2) is 5.32. The van der Waals surface area contributed by atoms with E-state index in [1.54, 1.807) is 0 Å². The maximum Gasteiger partial charge on any atom is 0.244 e. The molecule has 0 atom stereocenters. The molecule has 0 spiro atoms. The van der Waals surface area contributed by atoms with Gasteiger partial charge in [0.05, 0.1) is 5.92 Å². The predicted molar refractivity (Wildman–Crippen MR) is 57.3 cm³/mol. The summed E-state index contributed by atoms with van der Waals surface area (Å²) in [5.41, 5.74) is 2.68. The van der Waals surface area contributed by atoms with E-state index < -0.39 is 0 Å². The van der Waals surface area contributed by atoms with E-state index >= 15 is 0 Å². The molecule has 2 aliphatic heterocycles. The number of nitrogens with one attached hydrogen (secondary N) is 2. The molecule has 2 fully saturated rings. The monoisotopic (exact) mass is 233 g/mol. The van der Waals surface area contributed by atoms with E-state index in [0.29, 0.717) is 13.0 Å². The summed E-state index contributed by atoms with van der Waals surface area (Å²) in [5.74, 6) is 0.0561. The lowest BCUT2D eigenvalue weighted by Crippen LogP contribution is -2.56. The van der Waals surface area contributed by atoms with Gasteiger partial charge in [-0.05, 0) is 12.8 Å². The number of rotatable bonds is 2. The Morgan fingerprint density at radius 3 is 2.67 bits per heavy atom. The molecular formula is C9H16ClN3O2. The minimum absolute atomic E-state index is 0. The quantitative estimate of drug-likeness (QED) is 0.687. The molecule has 0 radical (unpaired) electrons. The molecule has 2 saturated heterocycles. The van der Waals surface area contributed by atoms with Gasteiger partial charge in [-0.15, -0.1) is 12.4 Å². The van der Waals surface area contributed by atoms with Crippen molar-refractivity contribution in [2.75, 3.05) is 19.6 Å². The highest BCUT2D eigenvalue weighted by atomic mass is 35.5. The van der Waals surface area contributed by atoms with E-state index in [4.69, 9.17) is 0 Å². The van der Waals surface area contributed by atoms with Crippen molar-refractivity contribution in [3.05, 3.63) is 0 Å². The van der Waals surface area contributed by atoms with E-state index in [1.165, 1.54) is 5.01 Å². The van der Waals surface area contributed by atoms with Gasteiger partial charge in [-0.3, -0.25) is 20.0 Å². The van der Waals surface area contributed by atoms with Crippen LogP contribution in [0.3, 0.4) is 0 Å². The Hall–Kier alpha value is -0.810. The Kier molecular flexibility index (Phi) is 4.35. The van der Waals surface area contributed by atoms with E-state index in [-0.39, 0.29) is 30.1 Å². The number of piperidine rings is 1. The largest absolute Gasteiger partial charge is 0.315 e. The summed E-state index contributed by atoms with van der Waals surface area (Å²) >= 11 is 0. The second-order valence-electron chi connectivity index (χ2n) is 3.83. The third kappa shape index (κ3) is 2.82. The van der Waals surface area contributed by atoms with Crippen LogP contribution in [0.25, 0.3) is 0 Å². The molecule has 15 heavy (non-hydrogen) atoms. The molecule has 0 aromatic carbocycles. The van der Waals surface area contributed by atoms with Crippen molar-refractivity contribution in [2.24, 2.45) is 5.92 Å². The first kappa shape index (κ1) is 12.3. The Labute approximate surface area is 95.0 Å². The zero-order chi connectivity index (χ0) is 9.97. The molecule has 2 aliphatic rings. The zero-order valence-corrected chi connectivity index (χ0v) is 9.31. The lowest BCUT2D eigenvalue weighted by molar-refractivity contribution is -0.145. The van der Waals surface area contributed by atoms with Crippen molar-refractivity contribution < 1.29 is 9.59 Å². The standard InChI is InChI=1S/C9H15N3O2.ClH/c13-8-3-1-2-4-12(8)11-9(14)7-5-10-6-7;/h7,10H,1-6H2,(H,11,14);1H. The van der Waals surface area contributed by atoms with Gasteiger partial charge >= 0.3 is 0 Å². The van der Waals surface area contributed by atoms with E-state index in [0.717, 1.165) is 25.9 Å². The molecule has 0 aromatic rings. The highest BCUT2D eigenvalue weighted by Crippen LogP contribution is 2.09. The SMILES string of the molecule is Cl.O=C(NN1CCCCC1=O)C1CNC1.